The van der Waals surface area contributed by atoms with E-state index >= 15 is 0 Å². The molecule has 0 fully saturated rings. The summed E-state index contributed by atoms with van der Waals surface area (Å²) in [5.74, 6) is -0.636. The predicted molar refractivity (Wildman–Crippen MR) is 107 cm³/mol. The first-order chi connectivity index (χ1) is 13.6. The fraction of sp³-hybridized carbons (Fsp3) is 0.0476. The number of aryl methyl sites for hydroxylation is 1. The molecule has 0 radical (unpaired) electrons. The third kappa shape index (κ3) is 3.59. The monoisotopic (exact) mass is 371 g/mol. The summed E-state index contributed by atoms with van der Waals surface area (Å²) in [7, 11) is 0. The molecule has 4 rings (SSSR count). The van der Waals surface area contributed by atoms with Crippen LogP contribution in [0.2, 0.25) is 0 Å². The number of anilines is 2. The average molecular weight is 371 g/mol. The number of amides is 2. The number of hydrogen-bond donors (Lipinski definition) is 2. The molecule has 0 atom stereocenters. The van der Waals surface area contributed by atoms with Crippen LogP contribution in [0.5, 0.6) is 0 Å². The SMILES string of the molecule is Cc1ccc(NC(=O)c2ccccc2)c(NC(=O)c2cc3ncccn3n2)c1. The number of rotatable bonds is 4. The van der Waals surface area contributed by atoms with E-state index in [4.69, 9.17) is 0 Å². The van der Waals surface area contributed by atoms with Gasteiger partial charge in [-0.05, 0) is 42.8 Å². The molecule has 4 aromatic rings. The van der Waals surface area contributed by atoms with Crippen LogP contribution in [0.25, 0.3) is 5.65 Å². The highest BCUT2D eigenvalue weighted by atomic mass is 16.2. The Hall–Kier alpha value is -4.00. The molecule has 0 bridgehead atoms. The van der Waals surface area contributed by atoms with Crippen molar-refractivity contribution < 1.29 is 9.59 Å². The first-order valence-electron chi connectivity index (χ1n) is 8.69. The number of fused-ring (bicyclic) bond motifs is 1. The highest BCUT2D eigenvalue weighted by Crippen LogP contribution is 2.24. The van der Waals surface area contributed by atoms with Gasteiger partial charge in [0.15, 0.2) is 11.3 Å². The van der Waals surface area contributed by atoms with Gasteiger partial charge in [-0.2, -0.15) is 5.10 Å². The molecule has 0 saturated carbocycles. The Labute approximate surface area is 161 Å². The van der Waals surface area contributed by atoms with Crippen LogP contribution in [0, 0.1) is 6.92 Å². The first kappa shape index (κ1) is 17.4. The van der Waals surface area contributed by atoms with E-state index in [2.05, 4.69) is 20.7 Å². The second kappa shape index (κ2) is 7.32. The van der Waals surface area contributed by atoms with Crippen molar-refractivity contribution >= 4 is 28.8 Å². The minimum atomic E-state index is -0.383. The van der Waals surface area contributed by atoms with Gasteiger partial charge >= 0.3 is 0 Å². The molecule has 2 N–H and O–H groups in total. The van der Waals surface area contributed by atoms with Crippen LogP contribution in [0.1, 0.15) is 26.4 Å². The molecule has 7 heteroatoms. The molecular formula is C21H17N5O2. The van der Waals surface area contributed by atoms with E-state index < -0.39 is 0 Å². The molecule has 2 aromatic heterocycles. The van der Waals surface area contributed by atoms with Crippen molar-refractivity contribution in [2.45, 2.75) is 6.92 Å². The second-order valence-corrected chi connectivity index (χ2v) is 6.28. The lowest BCUT2D eigenvalue weighted by molar-refractivity contribution is 0.101. The molecular weight excluding hydrogens is 354 g/mol. The Bertz CT molecular complexity index is 1130. The van der Waals surface area contributed by atoms with Crippen molar-refractivity contribution in [2.24, 2.45) is 0 Å². The number of nitrogens with one attached hydrogen (secondary N) is 2. The zero-order valence-corrected chi connectivity index (χ0v) is 15.1. The first-order valence-corrected chi connectivity index (χ1v) is 8.69. The van der Waals surface area contributed by atoms with Crippen LogP contribution in [-0.2, 0) is 0 Å². The third-order valence-corrected chi connectivity index (χ3v) is 4.18. The number of carbonyl (C=O) groups excluding carboxylic acids is 2. The number of benzene rings is 2. The Kier molecular flexibility index (Phi) is 4.55. The average Bonchev–Trinajstić information content (AvgIpc) is 3.15. The van der Waals surface area contributed by atoms with Gasteiger partial charge in [0, 0.05) is 24.0 Å². The molecule has 0 spiro atoms. The van der Waals surface area contributed by atoms with Gasteiger partial charge in [0.05, 0.1) is 11.4 Å². The van der Waals surface area contributed by atoms with Gasteiger partial charge < -0.3 is 10.6 Å². The molecule has 7 nitrogen and oxygen atoms in total. The molecule has 28 heavy (non-hydrogen) atoms. The van der Waals surface area contributed by atoms with Crippen LogP contribution in [0.3, 0.4) is 0 Å². The minimum Gasteiger partial charge on any atom is -0.320 e. The van der Waals surface area contributed by atoms with Crippen LogP contribution in [-0.4, -0.2) is 26.4 Å². The lowest BCUT2D eigenvalue weighted by Crippen LogP contribution is -2.17. The summed E-state index contributed by atoms with van der Waals surface area (Å²) in [6.07, 6.45) is 3.35. The maximum atomic E-state index is 12.7. The van der Waals surface area contributed by atoms with Crippen molar-refractivity contribution in [3.63, 3.8) is 0 Å². The maximum Gasteiger partial charge on any atom is 0.276 e. The summed E-state index contributed by atoms with van der Waals surface area (Å²) in [5, 5.41) is 9.90. The predicted octanol–water partition coefficient (Wildman–Crippen LogP) is 3.54. The van der Waals surface area contributed by atoms with Gasteiger partial charge in [-0.1, -0.05) is 24.3 Å². The Morgan fingerprint density at radius 2 is 1.68 bits per heavy atom. The molecule has 2 heterocycles. The van der Waals surface area contributed by atoms with Crippen molar-refractivity contribution in [1.82, 2.24) is 14.6 Å². The van der Waals surface area contributed by atoms with Crippen molar-refractivity contribution in [3.8, 4) is 0 Å². The standard InChI is InChI=1S/C21H17N5O2/c1-14-8-9-16(23-20(27)15-6-3-2-4-7-15)17(12-14)24-21(28)18-13-19-22-10-5-11-26(19)25-18/h2-13H,1H3,(H,23,27)(H,24,28). The molecule has 0 saturated heterocycles. The summed E-state index contributed by atoms with van der Waals surface area (Å²) in [5.41, 5.74) is 3.31. The zero-order chi connectivity index (χ0) is 19.5. The van der Waals surface area contributed by atoms with E-state index in [1.165, 1.54) is 4.52 Å². The minimum absolute atomic E-state index is 0.237. The zero-order valence-electron chi connectivity index (χ0n) is 15.1. The second-order valence-electron chi connectivity index (χ2n) is 6.28. The number of nitrogens with zero attached hydrogens (tertiary/aromatic N) is 3. The highest BCUT2D eigenvalue weighted by molar-refractivity contribution is 6.09. The third-order valence-electron chi connectivity index (χ3n) is 4.18. The van der Waals surface area contributed by atoms with Crippen LogP contribution >= 0.6 is 0 Å². The Balaban J connectivity index is 1.59. The van der Waals surface area contributed by atoms with Gasteiger partial charge in [0.25, 0.3) is 11.8 Å². The topological polar surface area (TPSA) is 88.4 Å². The van der Waals surface area contributed by atoms with Crippen LogP contribution in [0.15, 0.2) is 73.1 Å². The summed E-state index contributed by atoms with van der Waals surface area (Å²) in [6, 6.07) is 17.7. The lowest BCUT2D eigenvalue weighted by Gasteiger charge is -2.13. The Morgan fingerprint density at radius 3 is 2.46 bits per heavy atom. The smallest absolute Gasteiger partial charge is 0.276 e. The van der Waals surface area contributed by atoms with E-state index in [0.717, 1.165) is 5.56 Å². The van der Waals surface area contributed by atoms with Crippen molar-refractivity contribution in [2.75, 3.05) is 10.6 Å². The quantitative estimate of drug-likeness (QED) is 0.574. The van der Waals surface area contributed by atoms with Gasteiger partial charge in [0.2, 0.25) is 0 Å². The molecule has 0 aliphatic heterocycles. The van der Waals surface area contributed by atoms with Gasteiger partial charge in [-0.15, -0.1) is 0 Å². The van der Waals surface area contributed by atoms with Gasteiger partial charge in [-0.25, -0.2) is 9.50 Å². The summed E-state index contributed by atoms with van der Waals surface area (Å²) >= 11 is 0. The summed E-state index contributed by atoms with van der Waals surface area (Å²) in [6.45, 7) is 1.91. The largest absolute Gasteiger partial charge is 0.320 e. The molecule has 0 aliphatic carbocycles. The van der Waals surface area contributed by atoms with Crippen LogP contribution in [0.4, 0.5) is 11.4 Å². The van der Waals surface area contributed by atoms with E-state index in [9.17, 15) is 9.59 Å². The molecule has 2 aromatic carbocycles. The maximum absolute atomic E-state index is 12.7. The summed E-state index contributed by atoms with van der Waals surface area (Å²) < 4.78 is 1.53. The molecule has 2 amide bonds. The van der Waals surface area contributed by atoms with E-state index in [-0.39, 0.29) is 17.5 Å². The van der Waals surface area contributed by atoms with E-state index in [1.54, 1.807) is 60.9 Å². The fourth-order valence-electron chi connectivity index (χ4n) is 2.78. The lowest BCUT2D eigenvalue weighted by atomic mass is 10.1. The molecule has 0 unspecified atom stereocenters. The highest BCUT2D eigenvalue weighted by Gasteiger charge is 2.15. The Morgan fingerprint density at radius 1 is 0.893 bits per heavy atom. The number of aromatic nitrogens is 3. The van der Waals surface area contributed by atoms with Crippen molar-refractivity contribution in [3.05, 3.63) is 89.9 Å². The van der Waals surface area contributed by atoms with E-state index in [1.807, 2.05) is 19.1 Å². The molecule has 138 valence electrons. The number of hydrogen-bond acceptors (Lipinski definition) is 4. The number of carbonyl (C=O) groups is 2. The van der Waals surface area contributed by atoms with Crippen molar-refractivity contribution in [1.29, 1.82) is 0 Å². The normalized spacial score (nSPS) is 10.6. The summed E-state index contributed by atoms with van der Waals surface area (Å²) in [4.78, 5) is 29.3. The fourth-order valence-corrected chi connectivity index (χ4v) is 2.78. The molecule has 0 aliphatic rings. The van der Waals surface area contributed by atoms with Crippen LogP contribution < -0.4 is 10.6 Å². The van der Waals surface area contributed by atoms with E-state index in [0.29, 0.717) is 22.6 Å². The van der Waals surface area contributed by atoms with Gasteiger partial charge in [-0.3, -0.25) is 9.59 Å². The van der Waals surface area contributed by atoms with Gasteiger partial charge in [0.1, 0.15) is 0 Å².